The van der Waals surface area contributed by atoms with E-state index >= 15 is 0 Å². The minimum absolute atomic E-state index is 0.153. The fourth-order valence-corrected chi connectivity index (χ4v) is 3.84. The lowest BCUT2D eigenvalue weighted by molar-refractivity contribution is -0.165. The molecule has 2 aromatic carbocycles. The number of aliphatic hydroxyl groups is 1. The number of aliphatic hydroxyl groups excluding tert-OH is 1. The largest absolute Gasteiger partial charge is 0.394 e. The van der Waals surface area contributed by atoms with Gasteiger partial charge in [0, 0.05) is 10.0 Å². The fraction of sp³-hybridized carbons (Fsp3) is 0.350. The third-order valence-electron chi connectivity index (χ3n) is 4.76. The predicted molar refractivity (Wildman–Crippen MR) is 102 cm³/mol. The number of morpholine rings is 1. The molecule has 144 valence electrons. The van der Waals surface area contributed by atoms with E-state index in [1.165, 1.54) is 12.1 Å². The Hall–Kier alpha value is -1.66. The van der Waals surface area contributed by atoms with Crippen LogP contribution in [0.5, 0.6) is 0 Å². The van der Waals surface area contributed by atoms with Crippen LogP contribution in [0.15, 0.2) is 42.5 Å². The van der Waals surface area contributed by atoms with Crippen molar-refractivity contribution >= 4 is 29.1 Å². The molecule has 0 aromatic heterocycles. The van der Waals surface area contributed by atoms with Crippen LogP contribution in [0, 0.1) is 5.82 Å². The van der Waals surface area contributed by atoms with E-state index in [-0.39, 0.29) is 30.2 Å². The zero-order chi connectivity index (χ0) is 19.6. The molecule has 0 bridgehead atoms. The quantitative estimate of drug-likeness (QED) is 0.785. The molecule has 1 N–H and O–H groups in total. The number of nitrogens with zero attached hydrogens (tertiary/aromatic N) is 1. The summed E-state index contributed by atoms with van der Waals surface area (Å²) in [4.78, 5) is 14.3. The van der Waals surface area contributed by atoms with Gasteiger partial charge in [-0.1, -0.05) is 42.3 Å². The third-order valence-corrected chi connectivity index (χ3v) is 5.23. The van der Waals surface area contributed by atoms with Crippen molar-refractivity contribution in [2.24, 2.45) is 0 Å². The molecule has 1 unspecified atom stereocenters. The Balaban J connectivity index is 2.12. The minimum atomic E-state index is -0.627. The summed E-state index contributed by atoms with van der Waals surface area (Å²) < 4.78 is 19.8. The van der Waals surface area contributed by atoms with Crippen molar-refractivity contribution in [1.29, 1.82) is 0 Å². The van der Waals surface area contributed by atoms with Crippen molar-refractivity contribution in [2.45, 2.75) is 31.5 Å². The molecule has 4 nitrogen and oxygen atoms in total. The fourth-order valence-electron chi connectivity index (χ4n) is 3.49. The van der Waals surface area contributed by atoms with Gasteiger partial charge in [0.2, 0.25) is 5.91 Å². The van der Waals surface area contributed by atoms with Gasteiger partial charge in [-0.3, -0.25) is 4.79 Å². The SMILES string of the molecule is CCC(CO)N1C(=O)CO[C@H](c2cc(F)cc(Cl)c2)[C@H]1c1ccc(Cl)cc1. The molecule has 1 fully saturated rings. The smallest absolute Gasteiger partial charge is 0.249 e. The maximum Gasteiger partial charge on any atom is 0.249 e. The lowest BCUT2D eigenvalue weighted by atomic mass is 9.91. The summed E-state index contributed by atoms with van der Waals surface area (Å²) in [7, 11) is 0. The molecule has 3 rings (SSSR count). The molecular weight excluding hydrogens is 392 g/mol. The van der Waals surface area contributed by atoms with Gasteiger partial charge in [0.05, 0.1) is 18.7 Å². The summed E-state index contributed by atoms with van der Waals surface area (Å²) in [6.45, 7) is 1.57. The molecule has 0 spiro atoms. The number of halogens is 3. The summed E-state index contributed by atoms with van der Waals surface area (Å²) in [5.41, 5.74) is 1.31. The van der Waals surface area contributed by atoms with Crippen molar-refractivity contribution < 1.29 is 19.0 Å². The molecule has 1 heterocycles. The van der Waals surface area contributed by atoms with E-state index in [0.717, 1.165) is 5.56 Å². The van der Waals surface area contributed by atoms with Crippen LogP contribution in [-0.4, -0.2) is 35.2 Å². The Morgan fingerprint density at radius 2 is 1.89 bits per heavy atom. The number of amides is 1. The summed E-state index contributed by atoms with van der Waals surface area (Å²) in [5.74, 6) is -0.705. The first-order valence-electron chi connectivity index (χ1n) is 8.69. The van der Waals surface area contributed by atoms with Gasteiger partial charge in [-0.2, -0.15) is 0 Å². The summed E-state index contributed by atoms with van der Waals surface area (Å²) >= 11 is 12.0. The first kappa shape index (κ1) is 20.1. The molecular formula is C20H20Cl2FNO3. The Morgan fingerprint density at radius 1 is 1.19 bits per heavy atom. The average Bonchev–Trinajstić information content (AvgIpc) is 2.63. The van der Waals surface area contributed by atoms with E-state index in [1.54, 1.807) is 35.2 Å². The van der Waals surface area contributed by atoms with Crippen LogP contribution < -0.4 is 0 Å². The number of carbonyl (C=O) groups excluding carboxylic acids is 1. The zero-order valence-corrected chi connectivity index (χ0v) is 16.3. The van der Waals surface area contributed by atoms with Crippen LogP contribution in [-0.2, 0) is 9.53 Å². The highest BCUT2D eigenvalue weighted by atomic mass is 35.5. The monoisotopic (exact) mass is 411 g/mol. The Bertz CT molecular complexity index is 791. The lowest BCUT2D eigenvalue weighted by Gasteiger charge is -2.45. The molecule has 1 aliphatic heterocycles. The summed E-state index contributed by atoms with van der Waals surface area (Å²) in [6.07, 6.45) is -0.0548. The van der Waals surface area contributed by atoms with Gasteiger partial charge < -0.3 is 14.7 Å². The van der Waals surface area contributed by atoms with Crippen molar-refractivity contribution in [1.82, 2.24) is 4.90 Å². The first-order chi connectivity index (χ1) is 12.9. The highest BCUT2D eigenvalue weighted by Crippen LogP contribution is 2.42. The van der Waals surface area contributed by atoms with Crippen molar-refractivity contribution in [3.8, 4) is 0 Å². The molecule has 2 aromatic rings. The molecule has 0 radical (unpaired) electrons. The molecule has 1 saturated heterocycles. The number of carbonyl (C=O) groups is 1. The Labute approximate surface area is 167 Å². The second kappa shape index (κ2) is 8.57. The number of rotatable bonds is 5. The number of hydrogen-bond donors (Lipinski definition) is 1. The van der Waals surface area contributed by atoms with Gasteiger partial charge in [-0.25, -0.2) is 4.39 Å². The number of benzene rings is 2. The second-order valence-electron chi connectivity index (χ2n) is 6.48. The minimum Gasteiger partial charge on any atom is -0.394 e. The molecule has 1 amide bonds. The van der Waals surface area contributed by atoms with Crippen LogP contribution in [0.3, 0.4) is 0 Å². The van der Waals surface area contributed by atoms with Crippen LogP contribution in [0.1, 0.15) is 36.6 Å². The normalized spacial score (nSPS) is 21.4. The van der Waals surface area contributed by atoms with E-state index in [0.29, 0.717) is 17.0 Å². The van der Waals surface area contributed by atoms with E-state index in [9.17, 15) is 14.3 Å². The van der Waals surface area contributed by atoms with Crippen molar-refractivity contribution in [2.75, 3.05) is 13.2 Å². The van der Waals surface area contributed by atoms with Crippen LogP contribution in [0.4, 0.5) is 4.39 Å². The van der Waals surface area contributed by atoms with Gasteiger partial charge in [0.15, 0.2) is 0 Å². The molecule has 0 aliphatic carbocycles. The molecule has 0 saturated carbocycles. The average molecular weight is 412 g/mol. The van der Waals surface area contributed by atoms with E-state index in [4.69, 9.17) is 27.9 Å². The molecule has 27 heavy (non-hydrogen) atoms. The molecule has 7 heteroatoms. The topological polar surface area (TPSA) is 49.8 Å². The van der Waals surface area contributed by atoms with Crippen molar-refractivity contribution in [3.63, 3.8) is 0 Å². The van der Waals surface area contributed by atoms with E-state index in [1.807, 2.05) is 6.92 Å². The number of hydrogen-bond acceptors (Lipinski definition) is 3. The van der Waals surface area contributed by atoms with Gasteiger partial charge in [0.1, 0.15) is 18.5 Å². The van der Waals surface area contributed by atoms with Crippen LogP contribution >= 0.6 is 23.2 Å². The Morgan fingerprint density at radius 3 is 2.48 bits per heavy atom. The maximum absolute atomic E-state index is 14.0. The molecule has 1 aliphatic rings. The summed E-state index contributed by atoms with van der Waals surface area (Å²) in [5, 5.41) is 10.6. The van der Waals surface area contributed by atoms with Gasteiger partial charge in [0.25, 0.3) is 0 Å². The Kier molecular flexibility index (Phi) is 6.37. The zero-order valence-electron chi connectivity index (χ0n) is 14.7. The highest BCUT2D eigenvalue weighted by molar-refractivity contribution is 6.30. The van der Waals surface area contributed by atoms with Gasteiger partial charge in [-0.15, -0.1) is 0 Å². The van der Waals surface area contributed by atoms with E-state index < -0.39 is 18.0 Å². The lowest BCUT2D eigenvalue weighted by Crippen LogP contribution is -2.51. The molecule has 3 atom stereocenters. The third kappa shape index (κ3) is 4.27. The van der Waals surface area contributed by atoms with E-state index in [2.05, 4.69) is 0 Å². The van der Waals surface area contributed by atoms with Crippen LogP contribution in [0.2, 0.25) is 10.0 Å². The standard InChI is InChI=1S/C20H20Cl2FNO3/c1-2-17(10-25)24-18(26)11-27-20(13-7-15(22)9-16(23)8-13)19(24)12-3-5-14(21)6-4-12/h3-9,17,19-20,25H,2,10-11H2,1H3/t17?,19-,20-/m1/s1. The predicted octanol–water partition coefficient (Wildman–Crippen LogP) is 4.54. The number of ether oxygens (including phenoxy) is 1. The van der Waals surface area contributed by atoms with Gasteiger partial charge >= 0.3 is 0 Å². The second-order valence-corrected chi connectivity index (χ2v) is 7.35. The maximum atomic E-state index is 14.0. The van der Waals surface area contributed by atoms with Crippen molar-refractivity contribution in [3.05, 3.63) is 69.5 Å². The first-order valence-corrected chi connectivity index (χ1v) is 9.45. The highest BCUT2D eigenvalue weighted by Gasteiger charge is 2.41. The summed E-state index contributed by atoms with van der Waals surface area (Å²) in [6, 6.07) is 10.3. The van der Waals surface area contributed by atoms with Gasteiger partial charge in [-0.05, 0) is 47.9 Å². The van der Waals surface area contributed by atoms with Crippen LogP contribution in [0.25, 0.3) is 0 Å².